The summed E-state index contributed by atoms with van der Waals surface area (Å²) in [5.74, 6) is 1.65. The van der Waals surface area contributed by atoms with E-state index in [0.29, 0.717) is 22.9 Å². The van der Waals surface area contributed by atoms with Crippen LogP contribution in [-0.2, 0) is 0 Å². The highest BCUT2D eigenvalue weighted by Crippen LogP contribution is 2.31. The van der Waals surface area contributed by atoms with E-state index < -0.39 is 0 Å². The SMILES string of the molecule is COc1ccc(Nc2cc(C(=O)Nc3ccccc3C)ccn2)c(OC)c1. The van der Waals surface area contributed by atoms with Crippen LogP contribution in [0.1, 0.15) is 15.9 Å². The highest BCUT2D eigenvalue weighted by atomic mass is 16.5. The van der Waals surface area contributed by atoms with E-state index >= 15 is 0 Å². The fourth-order valence-electron chi connectivity index (χ4n) is 2.59. The maximum Gasteiger partial charge on any atom is 0.255 e. The van der Waals surface area contributed by atoms with Crippen molar-refractivity contribution in [3.05, 3.63) is 71.9 Å². The molecule has 0 saturated carbocycles. The molecule has 0 aliphatic carbocycles. The molecule has 0 bridgehead atoms. The van der Waals surface area contributed by atoms with Gasteiger partial charge in [0.15, 0.2) is 0 Å². The third-order valence-electron chi connectivity index (χ3n) is 4.09. The lowest BCUT2D eigenvalue weighted by Gasteiger charge is -2.13. The Morgan fingerprint density at radius 1 is 0.963 bits per heavy atom. The van der Waals surface area contributed by atoms with Crippen LogP contribution in [0.5, 0.6) is 11.5 Å². The highest BCUT2D eigenvalue weighted by Gasteiger charge is 2.11. The molecule has 6 nitrogen and oxygen atoms in total. The van der Waals surface area contributed by atoms with Gasteiger partial charge in [-0.25, -0.2) is 4.98 Å². The lowest BCUT2D eigenvalue weighted by molar-refractivity contribution is 0.102. The average molecular weight is 363 g/mol. The Balaban J connectivity index is 1.80. The molecule has 3 rings (SSSR count). The van der Waals surface area contributed by atoms with Crippen molar-refractivity contribution < 1.29 is 14.3 Å². The predicted molar refractivity (Wildman–Crippen MR) is 106 cm³/mol. The average Bonchev–Trinajstić information content (AvgIpc) is 2.70. The van der Waals surface area contributed by atoms with Crippen molar-refractivity contribution >= 4 is 23.1 Å². The van der Waals surface area contributed by atoms with E-state index in [0.717, 1.165) is 16.9 Å². The van der Waals surface area contributed by atoms with Crippen molar-refractivity contribution in [1.29, 1.82) is 0 Å². The predicted octanol–water partition coefficient (Wildman–Crippen LogP) is 4.40. The number of para-hydroxylation sites is 1. The number of carbonyl (C=O) groups is 1. The van der Waals surface area contributed by atoms with Gasteiger partial charge in [-0.15, -0.1) is 0 Å². The molecule has 0 aliphatic rings. The number of aryl methyl sites for hydroxylation is 1. The van der Waals surface area contributed by atoms with Gasteiger partial charge in [-0.3, -0.25) is 4.79 Å². The highest BCUT2D eigenvalue weighted by molar-refractivity contribution is 6.05. The first-order chi connectivity index (χ1) is 13.1. The molecule has 1 aromatic heterocycles. The number of anilines is 3. The summed E-state index contributed by atoms with van der Waals surface area (Å²) < 4.78 is 10.6. The number of aromatic nitrogens is 1. The molecule has 1 heterocycles. The van der Waals surface area contributed by atoms with Gasteiger partial charge in [0.1, 0.15) is 17.3 Å². The van der Waals surface area contributed by atoms with Crippen LogP contribution in [0.3, 0.4) is 0 Å². The first kappa shape index (κ1) is 18.3. The molecule has 0 spiro atoms. The zero-order chi connectivity index (χ0) is 19.2. The number of methoxy groups -OCH3 is 2. The van der Waals surface area contributed by atoms with E-state index in [-0.39, 0.29) is 5.91 Å². The number of rotatable bonds is 6. The molecule has 6 heteroatoms. The van der Waals surface area contributed by atoms with Crippen LogP contribution in [0.4, 0.5) is 17.2 Å². The second-order valence-electron chi connectivity index (χ2n) is 5.89. The van der Waals surface area contributed by atoms with E-state index in [1.165, 1.54) is 0 Å². The van der Waals surface area contributed by atoms with Gasteiger partial charge in [-0.1, -0.05) is 18.2 Å². The topological polar surface area (TPSA) is 72.5 Å². The second-order valence-corrected chi connectivity index (χ2v) is 5.89. The largest absolute Gasteiger partial charge is 0.497 e. The summed E-state index contributed by atoms with van der Waals surface area (Å²) in [6, 6.07) is 16.4. The molecule has 0 saturated heterocycles. The van der Waals surface area contributed by atoms with Crippen molar-refractivity contribution in [2.24, 2.45) is 0 Å². The van der Waals surface area contributed by atoms with Crippen LogP contribution >= 0.6 is 0 Å². The van der Waals surface area contributed by atoms with Crippen molar-refractivity contribution in [3.63, 3.8) is 0 Å². The van der Waals surface area contributed by atoms with E-state index in [1.807, 2.05) is 43.3 Å². The first-order valence-electron chi connectivity index (χ1n) is 8.43. The third-order valence-corrected chi connectivity index (χ3v) is 4.09. The van der Waals surface area contributed by atoms with Crippen LogP contribution in [-0.4, -0.2) is 25.1 Å². The number of hydrogen-bond donors (Lipinski definition) is 2. The zero-order valence-electron chi connectivity index (χ0n) is 15.4. The molecule has 27 heavy (non-hydrogen) atoms. The number of nitrogens with one attached hydrogen (secondary N) is 2. The van der Waals surface area contributed by atoms with Crippen LogP contribution in [0, 0.1) is 6.92 Å². The van der Waals surface area contributed by atoms with E-state index in [1.54, 1.807) is 38.6 Å². The number of amides is 1. The van der Waals surface area contributed by atoms with Gasteiger partial charge in [0.25, 0.3) is 5.91 Å². The van der Waals surface area contributed by atoms with E-state index in [2.05, 4.69) is 15.6 Å². The van der Waals surface area contributed by atoms with E-state index in [9.17, 15) is 4.79 Å². The van der Waals surface area contributed by atoms with Gasteiger partial charge >= 0.3 is 0 Å². The number of hydrogen-bond acceptors (Lipinski definition) is 5. The Labute approximate surface area is 158 Å². The van der Waals surface area contributed by atoms with Crippen LogP contribution < -0.4 is 20.1 Å². The quantitative estimate of drug-likeness (QED) is 0.679. The molecular formula is C21H21N3O3. The maximum absolute atomic E-state index is 12.6. The number of nitrogens with zero attached hydrogens (tertiary/aromatic N) is 1. The van der Waals surface area contributed by atoms with Crippen molar-refractivity contribution in [2.75, 3.05) is 24.9 Å². The molecule has 2 aromatic carbocycles. The fraction of sp³-hybridized carbons (Fsp3) is 0.143. The Hall–Kier alpha value is -3.54. The summed E-state index contributed by atoms with van der Waals surface area (Å²) >= 11 is 0. The van der Waals surface area contributed by atoms with Crippen molar-refractivity contribution in [2.45, 2.75) is 6.92 Å². The molecule has 2 N–H and O–H groups in total. The monoisotopic (exact) mass is 363 g/mol. The van der Waals surface area contributed by atoms with Crippen LogP contribution in [0.15, 0.2) is 60.8 Å². The van der Waals surface area contributed by atoms with Gasteiger partial charge in [0.05, 0.1) is 19.9 Å². The minimum Gasteiger partial charge on any atom is -0.497 e. The Kier molecular flexibility index (Phi) is 5.56. The molecule has 0 radical (unpaired) electrons. The minimum absolute atomic E-state index is 0.198. The first-order valence-corrected chi connectivity index (χ1v) is 8.43. The van der Waals surface area contributed by atoms with Crippen LogP contribution in [0.25, 0.3) is 0 Å². The van der Waals surface area contributed by atoms with Crippen molar-refractivity contribution in [3.8, 4) is 11.5 Å². The van der Waals surface area contributed by atoms with Gasteiger partial charge in [0.2, 0.25) is 0 Å². The summed E-state index contributed by atoms with van der Waals surface area (Å²) in [6.07, 6.45) is 1.59. The summed E-state index contributed by atoms with van der Waals surface area (Å²) in [4.78, 5) is 16.9. The molecule has 0 fully saturated rings. The second kappa shape index (κ2) is 8.23. The van der Waals surface area contributed by atoms with Crippen molar-refractivity contribution in [1.82, 2.24) is 4.98 Å². The standard InChI is InChI=1S/C21H21N3O3/c1-14-6-4-5-7-17(14)24-21(25)15-10-11-22-20(12-15)23-18-9-8-16(26-2)13-19(18)27-3/h4-13H,1-3H3,(H,22,23)(H,24,25). The molecule has 3 aromatic rings. The third kappa shape index (κ3) is 4.36. The maximum atomic E-state index is 12.6. The zero-order valence-corrected chi connectivity index (χ0v) is 15.4. The smallest absolute Gasteiger partial charge is 0.255 e. The summed E-state index contributed by atoms with van der Waals surface area (Å²) in [7, 11) is 3.18. The lowest BCUT2D eigenvalue weighted by atomic mass is 10.2. The Morgan fingerprint density at radius 3 is 2.52 bits per heavy atom. The molecular weight excluding hydrogens is 342 g/mol. The van der Waals surface area contributed by atoms with Gasteiger partial charge in [0, 0.05) is 23.5 Å². The molecule has 1 amide bonds. The minimum atomic E-state index is -0.198. The Morgan fingerprint density at radius 2 is 1.78 bits per heavy atom. The van der Waals surface area contributed by atoms with E-state index in [4.69, 9.17) is 9.47 Å². The van der Waals surface area contributed by atoms with Gasteiger partial charge in [-0.05, 0) is 42.8 Å². The molecule has 0 unspecified atom stereocenters. The molecule has 0 atom stereocenters. The van der Waals surface area contributed by atoms with Gasteiger partial charge < -0.3 is 20.1 Å². The molecule has 0 aliphatic heterocycles. The summed E-state index contributed by atoms with van der Waals surface area (Å²) in [5, 5.41) is 6.09. The number of pyridine rings is 1. The van der Waals surface area contributed by atoms with Crippen LogP contribution in [0.2, 0.25) is 0 Å². The summed E-state index contributed by atoms with van der Waals surface area (Å²) in [6.45, 7) is 1.95. The number of carbonyl (C=O) groups excluding carboxylic acids is 1. The summed E-state index contributed by atoms with van der Waals surface area (Å²) in [5.41, 5.74) is 3.01. The fourth-order valence-corrected chi connectivity index (χ4v) is 2.59. The number of benzene rings is 2. The van der Waals surface area contributed by atoms with Gasteiger partial charge in [-0.2, -0.15) is 0 Å². The Bertz CT molecular complexity index is 957. The number of ether oxygens (including phenoxy) is 2. The molecule has 138 valence electrons. The lowest BCUT2D eigenvalue weighted by Crippen LogP contribution is -2.13. The normalized spacial score (nSPS) is 10.2.